The fraction of sp³-hybridized carbons (Fsp3) is 0.0500. The molecule has 344 valence electrons. The number of non-ortho nitro benzene ring substituents is 1. The first-order valence-corrected chi connectivity index (χ1v) is 28.1. The summed E-state index contributed by atoms with van der Waals surface area (Å²) >= 11 is -1.98. The molecule has 0 fully saturated rings. The third-order valence-electron chi connectivity index (χ3n) is 6.78. The first-order valence-electron chi connectivity index (χ1n) is 16.5. The molecule has 2 radical (unpaired) electrons. The van der Waals surface area contributed by atoms with Gasteiger partial charge in [0, 0.05) is 62.2 Å². The van der Waals surface area contributed by atoms with Crippen molar-refractivity contribution in [2.45, 2.75) is 11.4 Å². The monoisotopic (exact) mass is 1270 g/mol. The van der Waals surface area contributed by atoms with Crippen LogP contribution in [-0.4, -0.2) is 34.2 Å². The molecule has 0 spiro atoms. The quantitative estimate of drug-likeness (QED) is 0.0431. The van der Waals surface area contributed by atoms with Crippen LogP contribution in [0.3, 0.4) is 0 Å². The van der Waals surface area contributed by atoms with Crippen molar-refractivity contribution in [2.75, 3.05) is 0 Å². The Labute approximate surface area is 399 Å². The molecule has 6 aromatic rings. The zero-order valence-corrected chi connectivity index (χ0v) is 43.0. The van der Waals surface area contributed by atoms with E-state index in [1.165, 1.54) is 29.5 Å². The van der Waals surface area contributed by atoms with Crippen LogP contribution in [0.15, 0.2) is 176 Å². The Morgan fingerprint density at radius 2 is 0.571 bits per heavy atom. The van der Waals surface area contributed by atoms with Crippen molar-refractivity contribution in [1.82, 2.24) is 0 Å². The Morgan fingerprint density at radius 3 is 0.778 bits per heavy atom. The molecule has 0 unspecified atom stereocenters. The topological polar surface area (TPSA) is 43.1 Å². The van der Waals surface area contributed by atoms with Crippen molar-refractivity contribution in [1.29, 1.82) is 0 Å². The number of nitrogens with zero attached hydrogens (tertiary/aromatic N) is 1. The summed E-state index contributed by atoms with van der Waals surface area (Å²) < 4.78 is 123. The number of hydrogen-bond acceptors (Lipinski definition) is 2. The molecule has 6 rings (SSSR count). The summed E-state index contributed by atoms with van der Waals surface area (Å²) in [7, 11) is -16.5. The van der Waals surface area contributed by atoms with E-state index < -0.39 is 69.6 Å². The van der Waals surface area contributed by atoms with Crippen molar-refractivity contribution in [3.05, 3.63) is 197 Å². The molecular weight excluding hydrogens is 1230 g/mol. The second kappa shape index (κ2) is 41.0. The molecule has 23 heteroatoms. The third-order valence-corrected chi connectivity index (χ3v) is 15.8. The first-order chi connectivity index (χ1) is 28.9. The van der Waals surface area contributed by atoms with Gasteiger partial charge in [-0.25, -0.2) is 0 Å². The maximum Gasteiger partial charge on any atom is 0.456 e. The van der Waals surface area contributed by atoms with Crippen molar-refractivity contribution in [3.63, 3.8) is 0 Å². The van der Waals surface area contributed by atoms with Crippen molar-refractivity contribution in [3.8, 4) is 11.8 Å². The van der Waals surface area contributed by atoms with Crippen LogP contribution < -0.4 is 17.4 Å². The van der Waals surface area contributed by atoms with Crippen molar-refractivity contribution in [2.24, 2.45) is 0 Å². The molecule has 63 heavy (non-hydrogen) atoms. The molecule has 0 aliphatic heterocycles. The van der Waals surface area contributed by atoms with Gasteiger partial charge in [0.1, 0.15) is 0 Å². The Hall–Kier alpha value is -2.48. The molecule has 0 aliphatic rings. The first kappa shape index (κ1) is 64.8. The minimum absolute atomic E-state index is 0. The minimum atomic E-state index is -4.12. The van der Waals surface area contributed by atoms with Crippen LogP contribution in [0.2, 0.25) is 11.4 Å². The number of nitro groups is 1. The van der Waals surface area contributed by atoms with E-state index in [4.69, 9.17) is 0 Å². The number of hydrogen-bond donors (Lipinski definition) is 0. The van der Waals surface area contributed by atoms with E-state index in [2.05, 4.69) is 145 Å². The molecule has 0 aromatic heterocycles. The van der Waals surface area contributed by atoms with Crippen LogP contribution in [0, 0.1) is 22.0 Å². The normalized spacial score (nSPS) is 9.40. The predicted octanol–water partition coefficient (Wildman–Crippen LogP) is 15.3. The molecule has 0 aliphatic carbocycles. The Kier molecular flexibility index (Phi) is 42.2. The molecule has 6 aromatic carbocycles. The summed E-state index contributed by atoms with van der Waals surface area (Å²) in [5.74, 6) is 5.94. The Morgan fingerprint density at radius 1 is 0.381 bits per heavy atom. The van der Waals surface area contributed by atoms with Gasteiger partial charge in [-0.05, 0) is 24.3 Å². The maximum absolute atomic E-state index is 10.5. The summed E-state index contributed by atoms with van der Waals surface area (Å²) in [6, 6.07) is 59.1. The van der Waals surface area contributed by atoms with Crippen molar-refractivity contribution < 1.29 is 94.2 Å². The molecule has 0 saturated carbocycles. The predicted molar refractivity (Wildman–Crippen MR) is 234 cm³/mol. The number of nitro benzene ring substituents is 1. The van der Waals surface area contributed by atoms with E-state index in [9.17, 15) is 60.5 Å². The van der Waals surface area contributed by atoms with Crippen LogP contribution in [-0.2, 0) is 39.0 Å². The minimum Gasteiger partial charge on any atom is -0.258 e. The van der Waals surface area contributed by atoms with Gasteiger partial charge >= 0.3 is 215 Å². The SMILES string of the molecule is C[As](c1ccccc1)c1ccccc1.C[As](c1ccccc1)c1ccccc1.FP(F)F.FP(F)F.FP(F)F.FP(F)F.O=[N+]([O-])c1ccc(C#Cc2ccccc2)cc1.[Rh].[Rh]. The summed E-state index contributed by atoms with van der Waals surface area (Å²) in [6.07, 6.45) is 0. The van der Waals surface area contributed by atoms with E-state index in [0.717, 1.165) is 11.1 Å². The standard InChI is InChI=1S/C14H9NO2.2C13H13As.4F3P.2Rh/c16-15(17)14-10-8-13(9-11-14)7-6-12-4-2-1-3-5-12;2*1-14(12-8-4-2-5-9-12)13-10-6-3-7-11-13;4*1-4(2)3;;/h1-5,8-11H;2*2-11H,1H3;;;;;;. The number of rotatable bonds is 5. The van der Waals surface area contributed by atoms with E-state index in [-0.39, 0.29) is 44.6 Å². The van der Waals surface area contributed by atoms with Crippen LogP contribution in [0.1, 0.15) is 11.1 Å². The maximum atomic E-state index is 10.5. The van der Waals surface area contributed by atoms with Gasteiger partial charge in [0.25, 0.3) is 5.69 Å². The van der Waals surface area contributed by atoms with Gasteiger partial charge in [-0.15, -0.1) is 0 Å². The smallest absolute Gasteiger partial charge is 0.258 e. The molecule has 0 saturated heterocycles. The number of benzene rings is 6. The second-order valence-corrected chi connectivity index (χ2v) is 21.2. The zero-order valence-electron chi connectivity index (χ0n) is 32.4. The summed E-state index contributed by atoms with van der Waals surface area (Å²) in [5, 5.41) is 10.5. The molecule has 0 heterocycles. The Bertz CT molecular complexity index is 1850. The van der Waals surface area contributed by atoms with Crippen molar-refractivity contribution >= 4 is 87.8 Å². The molecule has 0 N–H and O–H groups in total. The van der Waals surface area contributed by atoms with E-state index in [0.29, 0.717) is 0 Å². The van der Waals surface area contributed by atoms with Gasteiger partial charge in [-0.3, -0.25) is 10.1 Å². The molecular formula is C40H35As2F12NO2P4Rh2. The molecule has 0 atom stereocenters. The van der Waals surface area contributed by atoms with Crippen LogP contribution in [0.25, 0.3) is 0 Å². The van der Waals surface area contributed by atoms with Crippen LogP contribution in [0.4, 0.5) is 56.1 Å². The van der Waals surface area contributed by atoms with Crippen LogP contribution in [0.5, 0.6) is 0 Å². The molecule has 0 bridgehead atoms. The fourth-order valence-corrected chi connectivity index (χ4v) is 10.7. The van der Waals surface area contributed by atoms with Gasteiger partial charge in [0.05, 0.1) is 4.92 Å². The van der Waals surface area contributed by atoms with E-state index >= 15 is 0 Å². The largest absolute Gasteiger partial charge is 0.456 e. The third kappa shape index (κ3) is 37.4. The summed E-state index contributed by atoms with van der Waals surface area (Å²) in [5.41, 5.74) is 6.54. The van der Waals surface area contributed by atoms with Gasteiger partial charge in [0.2, 0.25) is 0 Å². The average molecular weight is 1270 g/mol. The van der Waals surface area contributed by atoms with E-state index in [1.54, 1.807) is 12.1 Å². The van der Waals surface area contributed by atoms with Gasteiger partial charge in [-0.2, -0.15) is 50.4 Å². The zero-order chi connectivity index (χ0) is 46.0. The second-order valence-electron chi connectivity index (χ2n) is 10.6. The molecule has 0 amide bonds. The Balaban J connectivity index is -0.000000724. The average Bonchev–Trinajstić information content (AvgIpc) is 3.24. The van der Waals surface area contributed by atoms with Crippen LogP contribution >= 0.6 is 35.4 Å². The summed E-state index contributed by atoms with van der Waals surface area (Å²) in [4.78, 5) is 10.0. The van der Waals surface area contributed by atoms with Gasteiger partial charge in [0.15, 0.2) is 0 Å². The fourth-order valence-electron chi connectivity index (χ4n) is 4.24. The molecule has 3 nitrogen and oxygen atoms in total. The van der Waals surface area contributed by atoms with Gasteiger partial charge in [-0.1, -0.05) is 30.0 Å². The van der Waals surface area contributed by atoms with E-state index in [1.807, 2.05) is 30.3 Å². The number of halogens is 12. The van der Waals surface area contributed by atoms with Gasteiger partial charge < -0.3 is 0 Å². The summed E-state index contributed by atoms with van der Waals surface area (Å²) in [6.45, 7) is 0.